The van der Waals surface area contributed by atoms with Crippen molar-refractivity contribution in [3.05, 3.63) is 64.6 Å². The number of amides is 1. The number of likely N-dealkylation sites (tertiary alicyclic amines) is 1. The summed E-state index contributed by atoms with van der Waals surface area (Å²) < 4.78 is 20.0. The lowest BCUT2D eigenvalue weighted by molar-refractivity contribution is -0.136. The van der Waals surface area contributed by atoms with Gasteiger partial charge in [0.05, 0.1) is 6.10 Å². The molecule has 7 heteroatoms. The van der Waals surface area contributed by atoms with Crippen LogP contribution in [0.4, 0.5) is 4.39 Å². The maximum absolute atomic E-state index is 13.1. The van der Waals surface area contributed by atoms with Crippen molar-refractivity contribution in [1.29, 1.82) is 0 Å². The van der Waals surface area contributed by atoms with Crippen LogP contribution in [0.1, 0.15) is 12.0 Å². The molecule has 2 atom stereocenters. The van der Waals surface area contributed by atoms with Gasteiger partial charge in [-0.1, -0.05) is 12.1 Å². The molecule has 0 aliphatic carbocycles. The molecule has 138 valence electrons. The highest BCUT2D eigenvalue weighted by molar-refractivity contribution is 5.76. The summed E-state index contributed by atoms with van der Waals surface area (Å²) in [5.74, 6) is -0.257. The van der Waals surface area contributed by atoms with E-state index in [0.29, 0.717) is 19.5 Å². The molecule has 3 rings (SSSR count). The summed E-state index contributed by atoms with van der Waals surface area (Å²) in [7, 11) is 1.68. The summed E-state index contributed by atoms with van der Waals surface area (Å²) in [5.41, 5.74) is 0.576. The van der Waals surface area contributed by atoms with Gasteiger partial charge in [0, 0.05) is 38.5 Å². The number of halogens is 1. The first-order chi connectivity index (χ1) is 12.6. The minimum atomic E-state index is -0.435. The fourth-order valence-corrected chi connectivity index (χ4v) is 3.42. The molecule has 1 aliphatic heterocycles. The standard InChI is InChI=1S/C19H22FN3O3/c1-26-17-7-10-22(18(24)13-23-9-2-8-21-19(23)25)12-15(17)11-14-3-5-16(20)6-4-14/h2-6,8-9,15,17H,7,10-13H2,1H3/t15-,17-/m1/s1. The summed E-state index contributed by atoms with van der Waals surface area (Å²) in [4.78, 5) is 29.7. The molecule has 6 nitrogen and oxygen atoms in total. The van der Waals surface area contributed by atoms with Crippen LogP contribution in [-0.2, 0) is 22.5 Å². The Morgan fingerprint density at radius 2 is 2.12 bits per heavy atom. The van der Waals surface area contributed by atoms with E-state index in [-0.39, 0.29) is 30.3 Å². The summed E-state index contributed by atoms with van der Waals surface area (Å²) >= 11 is 0. The Balaban J connectivity index is 1.68. The molecule has 1 aliphatic rings. The first-order valence-electron chi connectivity index (χ1n) is 8.63. The Kier molecular flexibility index (Phi) is 5.78. The van der Waals surface area contributed by atoms with Crippen LogP contribution in [0.5, 0.6) is 0 Å². The molecule has 0 unspecified atom stereocenters. The number of methoxy groups -OCH3 is 1. The molecule has 1 aromatic carbocycles. The van der Waals surface area contributed by atoms with Gasteiger partial charge in [-0.3, -0.25) is 9.36 Å². The van der Waals surface area contributed by atoms with Gasteiger partial charge in [-0.15, -0.1) is 0 Å². The van der Waals surface area contributed by atoms with Crippen LogP contribution in [0, 0.1) is 11.7 Å². The van der Waals surface area contributed by atoms with E-state index >= 15 is 0 Å². The van der Waals surface area contributed by atoms with E-state index in [4.69, 9.17) is 4.74 Å². The molecule has 1 amide bonds. The lowest BCUT2D eigenvalue weighted by atomic mass is 9.88. The van der Waals surface area contributed by atoms with Crippen molar-refractivity contribution in [3.8, 4) is 0 Å². The van der Waals surface area contributed by atoms with E-state index in [9.17, 15) is 14.0 Å². The van der Waals surface area contributed by atoms with Crippen LogP contribution in [0.2, 0.25) is 0 Å². The number of nitrogens with zero attached hydrogens (tertiary/aromatic N) is 3. The zero-order chi connectivity index (χ0) is 18.5. The zero-order valence-electron chi connectivity index (χ0n) is 14.7. The topological polar surface area (TPSA) is 64.4 Å². The number of hydrogen-bond donors (Lipinski definition) is 0. The van der Waals surface area contributed by atoms with Gasteiger partial charge < -0.3 is 9.64 Å². The van der Waals surface area contributed by atoms with Crippen molar-refractivity contribution in [2.45, 2.75) is 25.5 Å². The van der Waals surface area contributed by atoms with Gasteiger partial charge in [0.1, 0.15) is 12.4 Å². The number of piperidine rings is 1. The normalized spacial score (nSPS) is 20.2. The van der Waals surface area contributed by atoms with Crippen LogP contribution in [0.3, 0.4) is 0 Å². The summed E-state index contributed by atoms with van der Waals surface area (Å²) in [6.07, 6.45) is 4.45. The van der Waals surface area contributed by atoms with Crippen LogP contribution in [0.25, 0.3) is 0 Å². The fourth-order valence-electron chi connectivity index (χ4n) is 3.42. The quantitative estimate of drug-likeness (QED) is 0.811. The van der Waals surface area contributed by atoms with Crippen molar-refractivity contribution < 1.29 is 13.9 Å². The Morgan fingerprint density at radius 3 is 2.81 bits per heavy atom. The SMILES string of the molecule is CO[C@@H]1CCN(C(=O)Cn2cccnc2=O)C[C@H]1Cc1ccc(F)cc1. The van der Waals surface area contributed by atoms with Gasteiger partial charge in [-0.2, -0.15) is 0 Å². The fraction of sp³-hybridized carbons (Fsp3) is 0.421. The van der Waals surface area contributed by atoms with Gasteiger partial charge in [-0.05, 0) is 36.6 Å². The van der Waals surface area contributed by atoms with Gasteiger partial charge in [0.25, 0.3) is 0 Å². The van der Waals surface area contributed by atoms with E-state index < -0.39 is 5.69 Å². The van der Waals surface area contributed by atoms with Crippen molar-refractivity contribution in [1.82, 2.24) is 14.5 Å². The van der Waals surface area contributed by atoms with Crippen LogP contribution in [0.15, 0.2) is 47.5 Å². The summed E-state index contributed by atoms with van der Waals surface area (Å²) in [6, 6.07) is 8.04. The van der Waals surface area contributed by atoms with E-state index in [1.807, 2.05) is 0 Å². The molecule has 2 heterocycles. The number of carbonyl (C=O) groups excluding carboxylic acids is 1. The zero-order valence-corrected chi connectivity index (χ0v) is 14.7. The first-order valence-corrected chi connectivity index (χ1v) is 8.63. The molecule has 1 aromatic heterocycles. The number of carbonyl (C=O) groups is 1. The van der Waals surface area contributed by atoms with Crippen molar-refractivity contribution in [3.63, 3.8) is 0 Å². The van der Waals surface area contributed by atoms with Gasteiger partial charge in [0.15, 0.2) is 0 Å². The monoisotopic (exact) mass is 359 g/mol. The van der Waals surface area contributed by atoms with Crippen LogP contribution >= 0.6 is 0 Å². The molecular formula is C19H22FN3O3. The molecule has 1 saturated heterocycles. The summed E-state index contributed by atoms with van der Waals surface area (Å²) in [6.45, 7) is 1.11. The predicted octanol–water partition coefficient (Wildman–Crippen LogP) is 1.49. The maximum atomic E-state index is 13.1. The molecule has 0 radical (unpaired) electrons. The molecule has 0 spiro atoms. The number of benzene rings is 1. The predicted molar refractivity (Wildman–Crippen MR) is 94.1 cm³/mol. The average molecular weight is 359 g/mol. The van der Waals surface area contributed by atoms with Gasteiger partial charge in [-0.25, -0.2) is 14.2 Å². The number of hydrogen-bond acceptors (Lipinski definition) is 4. The Morgan fingerprint density at radius 1 is 1.35 bits per heavy atom. The molecule has 0 saturated carbocycles. The highest BCUT2D eigenvalue weighted by Gasteiger charge is 2.31. The smallest absolute Gasteiger partial charge is 0.347 e. The van der Waals surface area contributed by atoms with Gasteiger partial charge >= 0.3 is 5.69 Å². The maximum Gasteiger partial charge on any atom is 0.347 e. The Hall–Kier alpha value is -2.54. The van der Waals surface area contributed by atoms with E-state index in [1.165, 1.54) is 22.9 Å². The van der Waals surface area contributed by atoms with E-state index in [0.717, 1.165) is 12.0 Å². The third-order valence-corrected chi connectivity index (χ3v) is 4.82. The van der Waals surface area contributed by atoms with Crippen LogP contribution in [-0.4, -0.2) is 46.7 Å². The van der Waals surface area contributed by atoms with Gasteiger partial charge in [0.2, 0.25) is 5.91 Å². The van der Waals surface area contributed by atoms with E-state index in [2.05, 4.69) is 4.98 Å². The second-order valence-electron chi connectivity index (χ2n) is 6.52. The summed E-state index contributed by atoms with van der Waals surface area (Å²) in [5, 5.41) is 0. The average Bonchev–Trinajstić information content (AvgIpc) is 2.65. The van der Waals surface area contributed by atoms with Crippen molar-refractivity contribution >= 4 is 5.91 Å². The largest absolute Gasteiger partial charge is 0.381 e. The number of rotatable bonds is 5. The first kappa shape index (κ1) is 18.3. The lowest BCUT2D eigenvalue weighted by Crippen LogP contribution is -2.48. The Labute approximate surface area is 151 Å². The number of aromatic nitrogens is 2. The molecular weight excluding hydrogens is 337 g/mol. The Bertz CT molecular complexity index is 806. The second-order valence-corrected chi connectivity index (χ2v) is 6.52. The highest BCUT2D eigenvalue weighted by Crippen LogP contribution is 2.24. The van der Waals surface area contributed by atoms with E-state index in [1.54, 1.807) is 36.4 Å². The van der Waals surface area contributed by atoms with Crippen molar-refractivity contribution in [2.24, 2.45) is 5.92 Å². The second kappa shape index (κ2) is 8.23. The lowest BCUT2D eigenvalue weighted by Gasteiger charge is -2.38. The third kappa shape index (κ3) is 4.35. The molecule has 1 fully saturated rings. The molecule has 2 aromatic rings. The molecule has 26 heavy (non-hydrogen) atoms. The minimum absolute atomic E-state index is 0.0202. The van der Waals surface area contributed by atoms with Crippen LogP contribution < -0.4 is 5.69 Å². The number of ether oxygens (including phenoxy) is 1. The third-order valence-electron chi connectivity index (χ3n) is 4.82. The highest BCUT2D eigenvalue weighted by atomic mass is 19.1. The minimum Gasteiger partial charge on any atom is -0.381 e. The molecule has 0 bridgehead atoms. The molecule has 0 N–H and O–H groups in total. The van der Waals surface area contributed by atoms with Crippen molar-refractivity contribution in [2.75, 3.05) is 20.2 Å².